The van der Waals surface area contributed by atoms with Gasteiger partial charge in [-0.25, -0.2) is 4.98 Å². The molecule has 0 aliphatic rings. The number of para-hydroxylation sites is 1. The molecule has 1 aromatic carbocycles. The van der Waals surface area contributed by atoms with Crippen LogP contribution in [0.4, 0.5) is 11.6 Å². The van der Waals surface area contributed by atoms with Gasteiger partial charge in [0.2, 0.25) is 5.95 Å². The summed E-state index contributed by atoms with van der Waals surface area (Å²) in [4.78, 5) is 4.44. The molecule has 0 spiro atoms. The summed E-state index contributed by atoms with van der Waals surface area (Å²) in [5.41, 5.74) is 1.64. The average molecular weight is 284 g/mol. The van der Waals surface area contributed by atoms with Crippen LogP contribution in [0, 0.1) is 6.92 Å². The maximum atomic E-state index is 6.13. The molecular formula is C13H15Cl2N3. The molecule has 1 aromatic heterocycles. The van der Waals surface area contributed by atoms with Crippen LogP contribution >= 0.6 is 23.2 Å². The van der Waals surface area contributed by atoms with Crippen molar-refractivity contribution in [3.8, 4) is 0 Å². The van der Waals surface area contributed by atoms with Gasteiger partial charge in [0.05, 0.1) is 21.4 Å². The van der Waals surface area contributed by atoms with E-state index >= 15 is 0 Å². The zero-order valence-electron chi connectivity index (χ0n) is 10.5. The normalized spacial score (nSPS) is 11.0. The molecule has 0 bridgehead atoms. The first-order valence-electron chi connectivity index (χ1n) is 5.75. The van der Waals surface area contributed by atoms with Crippen molar-refractivity contribution in [2.24, 2.45) is 0 Å². The first-order valence-corrected chi connectivity index (χ1v) is 6.51. The van der Waals surface area contributed by atoms with Crippen LogP contribution in [0.5, 0.6) is 0 Å². The van der Waals surface area contributed by atoms with E-state index in [1.807, 2.05) is 19.2 Å². The molecule has 0 unspecified atom stereocenters. The Morgan fingerprint density at radius 2 is 1.83 bits per heavy atom. The molecule has 2 aromatic rings. The van der Waals surface area contributed by atoms with Crippen molar-refractivity contribution < 1.29 is 0 Å². The van der Waals surface area contributed by atoms with E-state index in [4.69, 9.17) is 23.2 Å². The largest absolute Gasteiger partial charge is 0.323 e. The average Bonchev–Trinajstić information content (AvgIpc) is 2.65. The number of nitrogens with one attached hydrogen (secondary N) is 1. The van der Waals surface area contributed by atoms with Gasteiger partial charge in [0.25, 0.3) is 0 Å². The summed E-state index contributed by atoms with van der Waals surface area (Å²) < 4.78 is 2.05. The minimum Gasteiger partial charge on any atom is -0.323 e. The SMILES string of the molecule is Cc1cn(C(C)C)c(Nc2c(Cl)cccc2Cl)n1. The standard InChI is InChI=1S/C13H15Cl2N3/c1-8(2)18-7-9(3)16-13(18)17-12-10(14)5-4-6-11(12)15/h4-8H,1-3H3,(H,16,17). The fraction of sp³-hybridized carbons (Fsp3) is 0.308. The lowest BCUT2D eigenvalue weighted by atomic mass is 10.3. The van der Waals surface area contributed by atoms with Crippen LogP contribution in [0.15, 0.2) is 24.4 Å². The maximum Gasteiger partial charge on any atom is 0.207 e. The Labute approximate surface area is 117 Å². The van der Waals surface area contributed by atoms with E-state index < -0.39 is 0 Å². The van der Waals surface area contributed by atoms with Gasteiger partial charge in [-0.05, 0) is 32.9 Å². The van der Waals surface area contributed by atoms with Gasteiger partial charge in [0.15, 0.2) is 0 Å². The van der Waals surface area contributed by atoms with Crippen molar-refractivity contribution in [1.82, 2.24) is 9.55 Å². The highest BCUT2D eigenvalue weighted by molar-refractivity contribution is 6.39. The smallest absolute Gasteiger partial charge is 0.207 e. The molecule has 96 valence electrons. The third-order valence-electron chi connectivity index (χ3n) is 2.61. The highest BCUT2D eigenvalue weighted by atomic mass is 35.5. The molecule has 1 heterocycles. The van der Waals surface area contributed by atoms with Crippen LogP contribution in [-0.2, 0) is 0 Å². The molecule has 0 saturated heterocycles. The van der Waals surface area contributed by atoms with Crippen molar-refractivity contribution in [1.29, 1.82) is 0 Å². The second-order valence-corrected chi connectivity index (χ2v) is 5.24. The summed E-state index contributed by atoms with van der Waals surface area (Å²) in [7, 11) is 0. The molecule has 2 rings (SSSR count). The number of halogens is 2. The molecule has 0 saturated carbocycles. The highest BCUT2D eigenvalue weighted by Gasteiger charge is 2.12. The van der Waals surface area contributed by atoms with E-state index in [1.165, 1.54) is 0 Å². The molecule has 0 fully saturated rings. The molecule has 0 aliphatic heterocycles. The first kappa shape index (κ1) is 13.2. The minimum absolute atomic E-state index is 0.315. The number of benzene rings is 1. The fourth-order valence-corrected chi connectivity index (χ4v) is 2.22. The predicted octanol–water partition coefficient (Wildman–Crippen LogP) is 4.82. The van der Waals surface area contributed by atoms with Crippen molar-refractivity contribution in [2.45, 2.75) is 26.8 Å². The molecular weight excluding hydrogens is 269 g/mol. The first-order chi connectivity index (χ1) is 8.49. The second-order valence-electron chi connectivity index (χ2n) is 4.43. The minimum atomic E-state index is 0.315. The quantitative estimate of drug-likeness (QED) is 0.875. The van der Waals surface area contributed by atoms with Crippen LogP contribution < -0.4 is 5.32 Å². The van der Waals surface area contributed by atoms with E-state index in [0.717, 1.165) is 11.6 Å². The summed E-state index contributed by atoms with van der Waals surface area (Å²) in [5.74, 6) is 0.748. The van der Waals surface area contributed by atoms with Crippen molar-refractivity contribution in [3.63, 3.8) is 0 Å². The number of aromatic nitrogens is 2. The van der Waals surface area contributed by atoms with Gasteiger partial charge in [0.1, 0.15) is 0 Å². The third-order valence-corrected chi connectivity index (χ3v) is 3.24. The molecule has 3 nitrogen and oxygen atoms in total. The number of hydrogen-bond acceptors (Lipinski definition) is 2. The zero-order chi connectivity index (χ0) is 13.3. The van der Waals surface area contributed by atoms with E-state index in [-0.39, 0.29) is 0 Å². The van der Waals surface area contributed by atoms with Gasteiger partial charge < -0.3 is 9.88 Å². The number of aryl methyl sites for hydroxylation is 1. The van der Waals surface area contributed by atoms with Crippen molar-refractivity contribution >= 4 is 34.8 Å². The van der Waals surface area contributed by atoms with Gasteiger partial charge in [-0.2, -0.15) is 0 Å². The molecule has 0 aliphatic carbocycles. The molecule has 0 atom stereocenters. The summed E-state index contributed by atoms with van der Waals surface area (Å²) >= 11 is 12.3. The summed E-state index contributed by atoms with van der Waals surface area (Å²) in [5, 5.41) is 4.36. The monoisotopic (exact) mass is 283 g/mol. The second kappa shape index (κ2) is 5.21. The topological polar surface area (TPSA) is 29.9 Å². The number of anilines is 2. The van der Waals surface area contributed by atoms with Crippen LogP contribution in [-0.4, -0.2) is 9.55 Å². The van der Waals surface area contributed by atoms with Crippen molar-refractivity contribution in [2.75, 3.05) is 5.32 Å². The van der Waals surface area contributed by atoms with Gasteiger partial charge in [0, 0.05) is 12.2 Å². The zero-order valence-corrected chi connectivity index (χ0v) is 12.0. The number of rotatable bonds is 3. The summed E-state index contributed by atoms with van der Waals surface area (Å²) in [6.45, 7) is 6.15. The Morgan fingerprint density at radius 1 is 1.22 bits per heavy atom. The van der Waals surface area contributed by atoms with Crippen LogP contribution in [0.2, 0.25) is 10.0 Å². The summed E-state index contributed by atoms with van der Waals surface area (Å²) in [6, 6.07) is 5.72. The van der Waals surface area contributed by atoms with Crippen LogP contribution in [0.3, 0.4) is 0 Å². The Bertz CT molecular complexity index is 541. The van der Waals surface area contributed by atoms with Crippen LogP contribution in [0.1, 0.15) is 25.6 Å². The Kier molecular flexibility index (Phi) is 3.83. The third kappa shape index (κ3) is 2.62. The van der Waals surface area contributed by atoms with Gasteiger partial charge in [-0.1, -0.05) is 29.3 Å². The molecule has 1 N–H and O–H groups in total. The van der Waals surface area contributed by atoms with E-state index in [2.05, 4.69) is 28.7 Å². The molecule has 5 heteroatoms. The lowest BCUT2D eigenvalue weighted by Crippen LogP contribution is -2.05. The van der Waals surface area contributed by atoms with E-state index in [0.29, 0.717) is 21.8 Å². The Morgan fingerprint density at radius 3 is 2.39 bits per heavy atom. The lowest BCUT2D eigenvalue weighted by molar-refractivity contribution is 0.607. The molecule has 0 radical (unpaired) electrons. The van der Waals surface area contributed by atoms with E-state index in [9.17, 15) is 0 Å². The predicted molar refractivity (Wildman–Crippen MR) is 77.1 cm³/mol. The fourth-order valence-electron chi connectivity index (χ4n) is 1.73. The Hall–Kier alpha value is -1.19. The molecule has 18 heavy (non-hydrogen) atoms. The van der Waals surface area contributed by atoms with Gasteiger partial charge >= 0.3 is 0 Å². The number of hydrogen-bond donors (Lipinski definition) is 1. The Balaban J connectivity index is 2.40. The van der Waals surface area contributed by atoms with Gasteiger partial charge in [-0.3, -0.25) is 0 Å². The lowest BCUT2D eigenvalue weighted by Gasteiger charge is -2.14. The van der Waals surface area contributed by atoms with E-state index in [1.54, 1.807) is 12.1 Å². The number of imidazole rings is 1. The van der Waals surface area contributed by atoms with Crippen molar-refractivity contribution in [3.05, 3.63) is 40.1 Å². The maximum absolute atomic E-state index is 6.13. The number of nitrogens with zero attached hydrogens (tertiary/aromatic N) is 2. The van der Waals surface area contributed by atoms with Gasteiger partial charge in [-0.15, -0.1) is 0 Å². The highest BCUT2D eigenvalue weighted by Crippen LogP contribution is 2.32. The summed E-state index contributed by atoms with van der Waals surface area (Å²) in [6.07, 6.45) is 2.00. The molecule has 0 amide bonds. The van der Waals surface area contributed by atoms with Crippen LogP contribution in [0.25, 0.3) is 0 Å².